The minimum absolute atomic E-state index is 0.255. The molecule has 0 aromatic rings. The number of halogens is 1. The Morgan fingerprint density at radius 1 is 1.55 bits per heavy atom. The zero-order chi connectivity index (χ0) is 8.91. The summed E-state index contributed by atoms with van der Waals surface area (Å²) in [6, 6.07) is 0. The zero-order valence-corrected chi connectivity index (χ0v) is 10.8. The van der Waals surface area contributed by atoms with E-state index in [-0.39, 0.29) is 5.16 Å². The van der Waals surface area contributed by atoms with Gasteiger partial charge in [-0.15, -0.1) is 11.6 Å². The molecule has 2 atom stereocenters. The molecule has 68 valence electrons. The number of alkyl halides is 1. The molecular formula is C8H20ClNSi. The van der Waals surface area contributed by atoms with Crippen LogP contribution in [-0.4, -0.2) is 27.8 Å². The molecule has 0 radical (unpaired) electrons. The lowest BCUT2D eigenvalue weighted by molar-refractivity contribution is 0.353. The first-order valence-corrected chi connectivity index (χ1v) is 5.95. The third-order valence-corrected chi connectivity index (χ3v) is 5.25. The van der Waals surface area contributed by atoms with Crippen LogP contribution in [-0.2, 0) is 0 Å². The Labute approximate surface area is 78.3 Å². The van der Waals surface area contributed by atoms with E-state index in [2.05, 4.69) is 26.1 Å². The smallest absolute Gasteiger partial charge is 0.0371 e. The van der Waals surface area contributed by atoms with Gasteiger partial charge in [0.1, 0.15) is 0 Å². The van der Waals surface area contributed by atoms with Gasteiger partial charge in [0.15, 0.2) is 0 Å². The van der Waals surface area contributed by atoms with Gasteiger partial charge in [0, 0.05) is 21.3 Å². The first kappa shape index (κ1) is 11.5. The van der Waals surface area contributed by atoms with Gasteiger partial charge in [-0.3, -0.25) is 0 Å². The quantitative estimate of drug-likeness (QED) is 0.507. The molecule has 0 saturated heterocycles. The highest BCUT2D eigenvalue weighted by atomic mass is 35.5. The predicted octanol–water partition coefficient (Wildman–Crippen LogP) is 0.943. The molecule has 1 nitrogen and oxygen atoms in total. The van der Waals surface area contributed by atoms with Crippen LogP contribution >= 0.6 is 11.6 Å². The van der Waals surface area contributed by atoms with Crippen molar-refractivity contribution < 1.29 is 0 Å². The molecular weight excluding hydrogens is 174 g/mol. The number of nitrogens with one attached hydrogen (secondary N) is 1. The fraction of sp³-hybridized carbons (Fsp3) is 1.00. The Kier molecular flexibility index (Phi) is 5.39. The van der Waals surface area contributed by atoms with Crippen LogP contribution in [0.3, 0.4) is 0 Å². The average Bonchev–Trinajstić information content (AvgIpc) is 2.03. The van der Waals surface area contributed by atoms with Crippen LogP contribution in [0.25, 0.3) is 0 Å². The van der Waals surface area contributed by atoms with Crippen LogP contribution in [0.5, 0.6) is 0 Å². The van der Waals surface area contributed by atoms with E-state index in [0.29, 0.717) is 5.92 Å². The summed E-state index contributed by atoms with van der Waals surface area (Å²) in [7, 11) is 1.13. The van der Waals surface area contributed by atoms with Crippen LogP contribution in [0.1, 0.15) is 27.2 Å². The fourth-order valence-corrected chi connectivity index (χ4v) is 2.33. The van der Waals surface area contributed by atoms with Gasteiger partial charge in [-0.2, -0.15) is 0 Å². The van der Waals surface area contributed by atoms with Crippen LogP contribution < -0.4 is 5.32 Å². The largest absolute Gasteiger partial charge is 0.314 e. The van der Waals surface area contributed by atoms with Crippen molar-refractivity contribution >= 4 is 21.8 Å². The second kappa shape index (κ2) is 5.17. The number of hydrogen-bond acceptors (Lipinski definition) is 1. The Morgan fingerprint density at radius 3 is 2.36 bits per heavy atom. The summed E-state index contributed by atoms with van der Waals surface area (Å²) in [5.41, 5.74) is 0. The lowest BCUT2D eigenvalue weighted by Gasteiger charge is -2.34. The molecule has 3 heteroatoms. The van der Waals surface area contributed by atoms with E-state index in [0.717, 1.165) is 22.7 Å². The summed E-state index contributed by atoms with van der Waals surface area (Å²) in [5.74, 6) is 1.45. The van der Waals surface area contributed by atoms with Crippen molar-refractivity contribution in [1.29, 1.82) is 0 Å². The Morgan fingerprint density at radius 2 is 2.09 bits per heavy atom. The molecule has 0 bridgehead atoms. The first-order valence-electron chi connectivity index (χ1n) is 4.41. The topological polar surface area (TPSA) is 12.0 Å². The molecule has 0 saturated carbocycles. The SMILES string of the molecule is CCNC([SiH3])(CCl)C(C)CC. The standard InChI is InChI=1S/C8H20ClNSi/c1-4-7(3)8(11,6-9)10-5-2/h7,10H,4-6H2,1-3,11H3. The minimum Gasteiger partial charge on any atom is -0.314 e. The highest BCUT2D eigenvalue weighted by molar-refractivity contribution is 6.26. The average molecular weight is 194 g/mol. The van der Waals surface area contributed by atoms with E-state index in [1.807, 2.05) is 0 Å². The second-order valence-corrected chi connectivity index (χ2v) is 5.44. The Balaban J connectivity index is 4.07. The molecule has 0 heterocycles. The van der Waals surface area contributed by atoms with Gasteiger partial charge in [-0.05, 0) is 12.5 Å². The molecule has 0 fully saturated rings. The summed E-state index contributed by atoms with van der Waals surface area (Å²) in [5, 5.41) is 3.74. The lowest BCUT2D eigenvalue weighted by atomic mass is 10.00. The van der Waals surface area contributed by atoms with Crippen LogP contribution in [0.15, 0.2) is 0 Å². The second-order valence-electron chi connectivity index (χ2n) is 3.39. The summed E-state index contributed by atoms with van der Waals surface area (Å²) in [6.45, 7) is 7.67. The number of hydrogen-bond donors (Lipinski definition) is 1. The molecule has 0 aromatic carbocycles. The van der Waals surface area contributed by atoms with Gasteiger partial charge in [0.2, 0.25) is 0 Å². The van der Waals surface area contributed by atoms with Crippen molar-refractivity contribution in [1.82, 2.24) is 5.32 Å². The van der Waals surface area contributed by atoms with Crippen LogP contribution in [0.4, 0.5) is 0 Å². The van der Waals surface area contributed by atoms with Gasteiger partial charge in [-0.1, -0.05) is 27.2 Å². The van der Waals surface area contributed by atoms with Gasteiger partial charge in [0.05, 0.1) is 0 Å². The minimum atomic E-state index is 0.255. The highest BCUT2D eigenvalue weighted by Crippen LogP contribution is 2.18. The van der Waals surface area contributed by atoms with E-state index in [9.17, 15) is 0 Å². The predicted molar refractivity (Wildman–Crippen MR) is 56.5 cm³/mol. The molecule has 1 N–H and O–H groups in total. The maximum Gasteiger partial charge on any atom is 0.0371 e. The molecule has 0 aliphatic heterocycles. The fourth-order valence-electron chi connectivity index (χ4n) is 1.21. The van der Waals surface area contributed by atoms with Gasteiger partial charge < -0.3 is 5.32 Å². The third-order valence-electron chi connectivity index (χ3n) is 2.56. The third kappa shape index (κ3) is 3.14. The van der Waals surface area contributed by atoms with Crippen molar-refractivity contribution in [3.05, 3.63) is 0 Å². The highest BCUT2D eigenvalue weighted by Gasteiger charge is 2.27. The van der Waals surface area contributed by atoms with Crippen LogP contribution in [0, 0.1) is 5.92 Å². The van der Waals surface area contributed by atoms with E-state index in [1.165, 1.54) is 6.42 Å². The summed E-state index contributed by atoms with van der Waals surface area (Å²) >= 11 is 5.93. The van der Waals surface area contributed by atoms with Gasteiger partial charge in [-0.25, -0.2) is 0 Å². The molecule has 0 rings (SSSR count). The van der Waals surface area contributed by atoms with Gasteiger partial charge >= 0.3 is 0 Å². The molecule has 0 spiro atoms. The van der Waals surface area contributed by atoms with Crippen molar-refractivity contribution in [2.24, 2.45) is 5.92 Å². The maximum absolute atomic E-state index is 5.93. The van der Waals surface area contributed by atoms with E-state index in [1.54, 1.807) is 0 Å². The molecule has 0 aromatic heterocycles. The van der Waals surface area contributed by atoms with E-state index >= 15 is 0 Å². The maximum atomic E-state index is 5.93. The monoisotopic (exact) mass is 193 g/mol. The Hall–Kier alpha value is 0.467. The normalized spacial score (nSPS) is 19.6. The molecule has 0 aliphatic rings. The van der Waals surface area contributed by atoms with Gasteiger partial charge in [0.25, 0.3) is 0 Å². The summed E-state index contributed by atoms with van der Waals surface area (Å²) in [6.07, 6.45) is 1.21. The zero-order valence-electron chi connectivity index (χ0n) is 8.08. The van der Waals surface area contributed by atoms with Crippen molar-refractivity contribution in [3.8, 4) is 0 Å². The van der Waals surface area contributed by atoms with E-state index in [4.69, 9.17) is 11.6 Å². The lowest BCUT2D eigenvalue weighted by Crippen LogP contribution is -2.52. The first-order chi connectivity index (χ1) is 5.10. The molecule has 0 amide bonds. The van der Waals surface area contributed by atoms with Crippen molar-refractivity contribution in [2.75, 3.05) is 12.4 Å². The molecule has 11 heavy (non-hydrogen) atoms. The molecule has 0 aliphatic carbocycles. The summed E-state index contributed by atoms with van der Waals surface area (Å²) in [4.78, 5) is 0. The van der Waals surface area contributed by atoms with Crippen molar-refractivity contribution in [2.45, 2.75) is 32.4 Å². The Bertz CT molecular complexity index is 110. The molecule has 2 unspecified atom stereocenters. The van der Waals surface area contributed by atoms with Crippen LogP contribution in [0.2, 0.25) is 0 Å². The summed E-state index contributed by atoms with van der Waals surface area (Å²) < 4.78 is 0. The number of rotatable bonds is 5. The van der Waals surface area contributed by atoms with E-state index < -0.39 is 0 Å². The van der Waals surface area contributed by atoms with Crippen molar-refractivity contribution in [3.63, 3.8) is 0 Å².